The molecule has 1 heterocycles. The van der Waals surface area contributed by atoms with E-state index in [4.69, 9.17) is 4.74 Å². The summed E-state index contributed by atoms with van der Waals surface area (Å²) in [5.41, 5.74) is 0.731. The van der Waals surface area contributed by atoms with Gasteiger partial charge in [0.05, 0.1) is 17.7 Å². The highest BCUT2D eigenvalue weighted by atomic mass is 32.2. The van der Waals surface area contributed by atoms with Crippen molar-refractivity contribution < 1.29 is 17.9 Å². The molecule has 0 saturated carbocycles. The number of nitrogens with one attached hydrogen (secondary N) is 1. The van der Waals surface area contributed by atoms with E-state index in [0.717, 1.165) is 9.31 Å². The first-order valence-electron chi connectivity index (χ1n) is 9.10. The van der Waals surface area contributed by atoms with Crippen molar-refractivity contribution in [2.45, 2.75) is 24.7 Å². The van der Waals surface area contributed by atoms with Crippen molar-refractivity contribution in [3.05, 3.63) is 59.1 Å². The van der Waals surface area contributed by atoms with Crippen molar-refractivity contribution in [3.63, 3.8) is 0 Å². The molecule has 0 atom stereocenters. The second kappa shape index (κ2) is 8.80. The van der Waals surface area contributed by atoms with Gasteiger partial charge in [-0.1, -0.05) is 37.3 Å². The fraction of sp³-hybridized carbons (Fsp3) is 0.250. The number of carbonyl (C=O) groups excluding carboxylic acids is 1. The maximum Gasteiger partial charge on any atom is 0.264 e. The lowest BCUT2D eigenvalue weighted by molar-refractivity contribution is 0.102. The minimum absolute atomic E-state index is 0.0606. The van der Waals surface area contributed by atoms with Crippen LogP contribution in [0.3, 0.4) is 0 Å². The third kappa shape index (κ3) is 4.44. The summed E-state index contributed by atoms with van der Waals surface area (Å²) in [5, 5.41) is 11.9. The topological polar surface area (TPSA) is 101 Å². The molecule has 8 nitrogen and oxygen atoms in total. The van der Waals surface area contributed by atoms with E-state index < -0.39 is 10.0 Å². The number of hydrogen-bond donors (Lipinski definition) is 1. The first-order chi connectivity index (χ1) is 14.2. The SMILES string of the molecule is COc1ccccc1N(C)S(=O)(=O)c1ccc(C(=O)Nc2nnc(C(C)C)s2)cc1. The van der Waals surface area contributed by atoms with Gasteiger partial charge >= 0.3 is 0 Å². The Labute approximate surface area is 179 Å². The zero-order valence-corrected chi connectivity index (χ0v) is 18.6. The molecular weight excluding hydrogens is 424 g/mol. The van der Waals surface area contributed by atoms with Crippen molar-refractivity contribution in [3.8, 4) is 5.75 Å². The van der Waals surface area contributed by atoms with Crippen LogP contribution in [0.4, 0.5) is 10.8 Å². The quantitative estimate of drug-likeness (QED) is 0.593. The molecular formula is C20H22N4O4S2. The van der Waals surface area contributed by atoms with Crippen molar-refractivity contribution in [1.82, 2.24) is 10.2 Å². The maximum absolute atomic E-state index is 13.0. The van der Waals surface area contributed by atoms with Crippen molar-refractivity contribution in [2.24, 2.45) is 0 Å². The Morgan fingerprint density at radius 1 is 1.10 bits per heavy atom. The molecule has 0 fully saturated rings. The third-order valence-electron chi connectivity index (χ3n) is 4.35. The van der Waals surface area contributed by atoms with Crippen LogP contribution in [0.1, 0.15) is 35.1 Å². The van der Waals surface area contributed by atoms with Gasteiger partial charge < -0.3 is 4.74 Å². The number of methoxy groups -OCH3 is 1. The molecule has 2 aromatic carbocycles. The number of hydrogen-bond acceptors (Lipinski definition) is 7. The summed E-state index contributed by atoms with van der Waals surface area (Å²) in [4.78, 5) is 12.5. The Balaban J connectivity index is 1.79. The van der Waals surface area contributed by atoms with Crippen LogP contribution in [-0.4, -0.2) is 38.7 Å². The van der Waals surface area contributed by atoms with E-state index in [1.165, 1.54) is 49.8 Å². The van der Waals surface area contributed by atoms with Gasteiger partial charge in [0.2, 0.25) is 5.13 Å². The standard InChI is InChI=1S/C20H22N4O4S2/c1-13(2)19-22-23-20(29-19)21-18(25)14-9-11-15(12-10-14)30(26,27)24(3)16-7-5-6-8-17(16)28-4/h5-13H,1-4H3,(H,21,23,25). The van der Waals surface area contributed by atoms with Crippen LogP contribution in [0.15, 0.2) is 53.4 Å². The summed E-state index contributed by atoms with van der Waals surface area (Å²) in [7, 11) is -0.896. The third-order valence-corrected chi connectivity index (χ3v) is 7.28. The highest BCUT2D eigenvalue weighted by molar-refractivity contribution is 7.92. The van der Waals surface area contributed by atoms with Gasteiger partial charge in [-0.3, -0.25) is 14.4 Å². The monoisotopic (exact) mass is 446 g/mol. The van der Waals surface area contributed by atoms with Gasteiger partial charge in [-0.15, -0.1) is 10.2 Å². The largest absolute Gasteiger partial charge is 0.495 e. The number of anilines is 2. The highest BCUT2D eigenvalue weighted by Crippen LogP contribution is 2.31. The van der Waals surface area contributed by atoms with E-state index in [0.29, 0.717) is 22.1 Å². The average molecular weight is 447 g/mol. The number of para-hydroxylation sites is 2. The van der Waals surface area contributed by atoms with Crippen LogP contribution in [0.5, 0.6) is 5.75 Å². The maximum atomic E-state index is 13.0. The first-order valence-corrected chi connectivity index (χ1v) is 11.4. The van der Waals surface area contributed by atoms with Crippen LogP contribution in [0.2, 0.25) is 0 Å². The van der Waals surface area contributed by atoms with E-state index in [1.54, 1.807) is 24.3 Å². The molecule has 0 spiro atoms. The fourth-order valence-corrected chi connectivity index (χ4v) is 4.59. The lowest BCUT2D eigenvalue weighted by Crippen LogP contribution is -2.27. The van der Waals surface area contributed by atoms with E-state index in [2.05, 4.69) is 15.5 Å². The second-order valence-corrected chi connectivity index (χ2v) is 9.70. The average Bonchev–Trinajstić information content (AvgIpc) is 3.22. The normalized spacial score (nSPS) is 11.4. The number of ether oxygens (including phenoxy) is 1. The van der Waals surface area contributed by atoms with Crippen LogP contribution >= 0.6 is 11.3 Å². The molecule has 0 unspecified atom stereocenters. The minimum atomic E-state index is -3.83. The molecule has 0 aliphatic carbocycles. The summed E-state index contributed by atoms with van der Waals surface area (Å²) in [6, 6.07) is 12.6. The molecule has 0 bridgehead atoms. The van der Waals surface area contributed by atoms with E-state index in [9.17, 15) is 13.2 Å². The smallest absolute Gasteiger partial charge is 0.264 e. The summed E-state index contributed by atoms with van der Waals surface area (Å²) >= 11 is 1.31. The van der Waals surface area contributed by atoms with Gasteiger partial charge in [0.15, 0.2) is 0 Å². The van der Waals surface area contributed by atoms with Gasteiger partial charge in [0.1, 0.15) is 10.8 Å². The second-order valence-electron chi connectivity index (χ2n) is 6.72. The molecule has 1 amide bonds. The fourth-order valence-electron chi connectivity index (χ4n) is 2.64. The minimum Gasteiger partial charge on any atom is -0.495 e. The zero-order valence-electron chi connectivity index (χ0n) is 17.0. The summed E-state index contributed by atoms with van der Waals surface area (Å²) in [6.07, 6.45) is 0. The summed E-state index contributed by atoms with van der Waals surface area (Å²) in [6.45, 7) is 3.99. The molecule has 30 heavy (non-hydrogen) atoms. The molecule has 158 valence electrons. The number of benzene rings is 2. The number of aromatic nitrogens is 2. The van der Waals surface area contributed by atoms with Crippen LogP contribution in [-0.2, 0) is 10.0 Å². The highest BCUT2D eigenvalue weighted by Gasteiger charge is 2.24. The molecule has 3 aromatic rings. The Bertz CT molecular complexity index is 1140. The number of rotatable bonds is 7. The number of sulfonamides is 1. The van der Waals surface area contributed by atoms with Crippen LogP contribution in [0, 0.1) is 0 Å². The molecule has 1 N–H and O–H groups in total. The molecule has 0 aliphatic rings. The van der Waals surface area contributed by atoms with Crippen LogP contribution in [0.25, 0.3) is 0 Å². The molecule has 0 saturated heterocycles. The lowest BCUT2D eigenvalue weighted by atomic mass is 10.2. The zero-order chi connectivity index (χ0) is 21.9. The van der Waals surface area contributed by atoms with E-state index in [-0.39, 0.29) is 16.7 Å². The first kappa shape index (κ1) is 21.7. The number of nitrogens with zero attached hydrogens (tertiary/aromatic N) is 3. The van der Waals surface area contributed by atoms with Gasteiger partial charge in [-0.25, -0.2) is 8.42 Å². The van der Waals surface area contributed by atoms with E-state index in [1.807, 2.05) is 13.8 Å². The van der Waals surface area contributed by atoms with Crippen molar-refractivity contribution >= 4 is 38.1 Å². The molecule has 0 radical (unpaired) electrons. The molecule has 10 heteroatoms. The van der Waals surface area contributed by atoms with Crippen molar-refractivity contribution in [2.75, 3.05) is 23.8 Å². The van der Waals surface area contributed by atoms with Crippen LogP contribution < -0.4 is 14.4 Å². The Morgan fingerprint density at radius 3 is 2.37 bits per heavy atom. The summed E-state index contributed by atoms with van der Waals surface area (Å²) < 4.78 is 32.4. The Kier molecular flexibility index (Phi) is 6.37. The van der Waals surface area contributed by atoms with E-state index >= 15 is 0 Å². The van der Waals surface area contributed by atoms with Crippen molar-refractivity contribution in [1.29, 1.82) is 0 Å². The molecule has 1 aromatic heterocycles. The predicted molar refractivity (Wildman–Crippen MR) is 117 cm³/mol. The lowest BCUT2D eigenvalue weighted by Gasteiger charge is -2.21. The Morgan fingerprint density at radius 2 is 1.77 bits per heavy atom. The Hall–Kier alpha value is -2.98. The van der Waals surface area contributed by atoms with Gasteiger partial charge in [0, 0.05) is 18.5 Å². The predicted octanol–water partition coefficient (Wildman–Crippen LogP) is 3.75. The summed E-state index contributed by atoms with van der Waals surface area (Å²) in [5.74, 6) is 0.277. The van der Waals surface area contributed by atoms with Gasteiger partial charge in [-0.2, -0.15) is 0 Å². The number of carbonyl (C=O) groups is 1. The number of amides is 1. The molecule has 0 aliphatic heterocycles. The van der Waals surface area contributed by atoms with Gasteiger partial charge in [-0.05, 0) is 36.4 Å². The van der Waals surface area contributed by atoms with Gasteiger partial charge in [0.25, 0.3) is 15.9 Å². The molecule has 3 rings (SSSR count).